The lowest BCUT2D eigenvalue weighted by molar-refractivity contribution is -0.873. The highest BCUT2D eigenvalue weighted by Gasteiger charge is 2.17. The molecule has 1 rings (SSSR count). The van der Waals surface area contributed by atoms with Gasteiger partial charge in [0.1, 0.15) is 13.1 Å². The fourth-order valence-electron chi connectivity index (χ4n) is 1.46. The largest absolute Gasteiger partial charge is 1.00 e. The Kier molecular flexibility index (Phi) is 6.25. The molecular weight excluding hydrogens is 210 g/mol. The minimum absolute atomic E-state index is 0. The van der Waals surface area contributed by atoms with Crippen molar-refractivity contribution >= 4 is 0 Å². The lowest BCUT2D eigenvalue weighted by atomic mass is 10.2. The summed E-state index contributed by atoms with van der Waals surface area (Å²) in [5.74, 6) is 0. The van der Waals surface area contributed by atoms with Gasteiger partial charge in [0.05, 0.1) is 19.9 Å². The van der Waals surface area contributed by atoms with Gasteiger partial charge < -0.3 is 17.5 Å². The van der Waals surface area contributed by atoms with E-state index in [4.69, 9.17) is 5.11 Å². The zero-order valence-corrected chi connectivity index (χ0v) is 9.82. The molecule has 0 heterocycles. The van der Waals surface area contributed by atoms with Crippen LogP contribution in [0.3, 0.4) is 0 Å². The Balaban J connectivity index is 0.00000196. The lowest BCUT2D eigenvalue weighted by Crippen LogP contribution is -3.00. The zero-order chi connectivity index (χ0) is 10.4. The number of hydrogen-bond acceptors (Lipinski definition) is 1. The number of aliphatic hydroxyl groups excluding tert-OH is 1. The Morgan fingerprint density at radius 2 is 1.93 bits per heavy atom. The molecule has 0 bridgehead atoms. The minimum Gasteiger partial charge on any atom is -1.00 e. The summed E-state index contributed by atoms with van der Waals surface area (Å²) in [4.78, 5) is 0. The van der Waals surface area contributed by atoms with Crippen molar-refractivity contribution in [3.8, 4) is 0 Å². The predicted molar refractivity (Wildman–Crippen MR) is 58.5 cm³/mol. The van der Waals surface area contributed by atoms with E-state index in [0.29, 0.717) is 11.0 Å². The second kappa shape index (κ2) is 6.62. The monoisotopic (exact) mass is 227 g/mol. The summed E-state index contributed by atoms with van der Waals surface area (Å²) in [5.41, 5.74) is 1.27. The van der Waals surface area contributed by atoms with Crippen LogP contribution < -0.4 is 12.4 Å². The van der Waals surface area contributed by atoms with Gasteiger partial charge >= 0.3 is 0 Å². The molecule has 1 aromatic carbocycles. The van der Waals surface area contributed by atoms with Gasteiger partial charge in [0.25, 0.3) is 0 Å². The van der Waals surface area contributed by atoms with E-state index in [-0.39, 0.29) is 19.0 Å². The predicted octanol–water partition coefficient (Wildman–Crippen LogP) is -1.23. The molecule has 0 amide bonds. The molecule has 1 unspecified atom stereocenters. The van der Waals surface area contributed by atoms with Crippen LogP contribution in [0.15, 0.2) is 43.1 Å². The number of halogens is 1. The van der Waals surface area contributed by atoms with E-state index >= 15 is 0 Å². The third-order valence-electron chi connectivity index (χ3n) is 2.44. The molecule has 0 aliphatic carbocycles. The fraction of sp³-hybridized carbons (Fsp3) is 0.333. The number of hydrogen-bond donors (Lipinski definition) is 1. The topological polar surface area (TPSA) is 20.2 Å². The molecule has 2 nitrogen and oxygen atoms in total. The summed E-state index contributed by atoms with van der Waals surface area (Å²) in [7, 11) is 2.07. The zero-order valence-electron chi connectivity index (χ0n) is 9.06. The molecule has 0 radical (unpaired) electrons. The van der Waals surface area contributed by atoms with E-state index < -0.39 is 0 Å². The Labute approximate surface area is 97.8 Å². The van der Waals surface area contributed by atoms with Gasteiger partial charge in [-0.1, -0.05) is 30.3 Å². The summed E-state index contributed by atoms with van der Waals surface area (Å²) in [6, 6.07) is 10.3. The minimum atomic E-state index is 0. The Hall–Kier alpha value is -0.830. The number of nitrogens with zero attached hydrogens (tertiary/aromatic N) is 1. The standard InChI is InChI=1S/C12H18NO.ClH/c1-3-13(2,9-10-14)11-12-7-5-4-6-8-12;/h3-8,14H,1,9-11H2,2H3;1H/q+1;/p-1. The van der Waals surface area contributed by atoms with Gasteiger partial charge in [-0.3, -0.25) is 4.48 Å². The normalized spacial score (nSPS) is 13.7. The summed E-state index contributed by atoms with van der Waals surface area (Å²) in [6.45, 7) is 5.59. The maximum Gasteiger partial charge on any atom is 0.108 e. The number of rotatable bonds is 5. The smallest absolute Gasteiger partial charge is 0.108 e. The molecular formula is C12H18ClNO. The molecule has 0 aliphatic heterocycles. The van der Waals surface area contributed by atoms with Gasteiger partial charge in [-0.2, -0.15) is 0 Å². The maximum absolute atomic E-state index is 8.95. The Morgan fingerprint density at radius 1 is 1.33 bits per heavy atom. The highest BCUT2D eigenvalue weighted by atomic mass is 35.5. The Morgan fingerprint density at radius 3 is 2.40 bits per heavy atom. The van der Waals surface area contributed by atoms with Crippen molar-refractivity contribution in [3.63, 3.8) is 0 Å². The van der Waals surface area contributed by atoms with Crippen LogP contribution in [0.4, 0.5) is 0 Å². The molecule has 0 fully saturated rings. The van der Waals surface area contributed by atoms with Crippen LogP contribution >= 0.6 is 0 Å². The number of benzene rings is 1. The van der Waals surface area contributed by atoms with Crippen LogP contribution in [-0.4, -0.2) is 29.8 Å². The molecule has 0 spiro atoms. The number of quaternary nitrogens is 1. The maximum atomic E-state index is 8.95. The SMILES string of the molecule is C=C[N+](C)(CCO)Cc1ccccc1.[Cl-]. The second-order valence-corrected chi connectivity index (χ2v) is 3.75. The van der Waals surface area contributed by atoms with Gasteiger partial charge in [0.2, 0.25) is 0 Å². The second-order valence-electron chi connectivity index (χ2n) is 3.75. The molecule has 1 N–H and O–H groups in total. The first kappa shape index (κ1) is 14.2. The van der Waals surface area contributed by atoms with Crippen LogP contribution in [0.25, 0.3) is 0 Å². The van der Waals surface area contributed by atoms with E-state index in [2.05, 4.69) is 25.8 Å². The highest BCUT2D eigenvalue weighted by Crippen LogP contribution is 2.11. The van der Waals surface area contributed by atoms with Crippen LogP contribution in [0.1, 0.15) is 5.56 Å². The molecule has 15 heavy (non-hydrogen) atoms. The average Bonchev–Trinajstić information content (AvgIpc) is 2.20. The van der Waals surface area contributed by atoms with E-state index in [0.717, 1.165) is 6.54 Å². The fourth-order valence-corrected chi connectivity index (χ4v) is 1.46. The van der Waals surface area contributed by atoms with Gasteiger partial charge in [0, 0.05) is 5.56 Å². The van der Waals surface area contributed by atoms with Crippen LogP contribution in [-0.2, 0) is 6.54 Å². The van der Waals surface area contributed by atoms with Crippen LogP contribution in [0.2, 0.25) is 0 Å². The summed E-state index contributed by atoms with van der Waals surface area (Å²) in [6.07, 6.45) is 1.88. The Bertz CT molecular complexity index is 289. The van der Waals surface area contributed by atoms with Gasteiger partial charge in [-0.15, -0.1) is 0 Å². The average molecular weight is 228 g/mol. The van der Waals surface area contributed by atoms with Crippen molar-refractivity contribution in [3.05, 3.63) is 48.7 Å². The van der Waals surface area contributed by atoms with Crippen LogP contribution in [0, 0.1) is 0 Å². The van der Waals surface area contributed by atoms with E-state index in [1.165, 1.54) is 5.56 Å². The van der Waals surface area contributed by atoms with E-state index in [1.54, 1.807) is 0 Å². The first-order chi connectivity index (χ1) is 6.70. The van der Waals surface area contributed by atoms with Crippen molar-refractivity contribution in [2.45, 2.75) is 6.54 Å². The lowest BCUT2D eigenvalue weighted by Gasteiger charge is -2.29. The molecule has 0 saturated carbocycles. The number of likely N-dealkylation sites (N-methyl/N-ethyl adjacent to an activating group) is 1. The third kappa shape index (κ3) is 4.47. The molecule has 3 heteroatoms. The van der Waals surface area contributed by atoms with Gasteiger partial charge in [-0.25, -0.2) is 0 Å². The third-order valence-corrected chi connectivity index (χ3v) is 2.44. The number of aliphatic hydroxyl groups is 1. The highest BCUT2D eigenvalue weighted by molar-refractivity contribution is 5.13. The first-order valence-corrected chi connectivity index (χ1v) is 4.83. The summed E-state index contributed by atoms with van der Waals surface area (Å²) < 4.78 is 0.667. The van der Waals surface area contributed by atoms with Crippen molar-refractivity contribution in [1.82, 2.24) is 0 Å². The molecule has 0 aliphatic rings. The first-order valence-electron chi connectivity index (χ1n) is 4.83. The molecule has 1 aromatic rings. The molecule has 0 saturated heterocycles. The quantitative estimate of drug-likeness (QED) is 0.625. The molecule has 1 atom stereocenters. The van der Waals surface area contributed by atoms with Crippen molar-refractivity contribution in [1.29, 1.82) is 0 Å². The van der Waals surface area contributed by atoms with Crippen molar-refractivity contribution in [2.24, 2.45) is 0 Å². The van der Waals surface area contributed by atoms with Crippen molar-refractivity contribution < 1.29 is 22.0 Å². The van der Waals surface area contributed by atoms with Gasteiger partial charge in [-0.05, 0) is 6.58 Å². The van der Waals surface area contributed by atoms with E-state index in [1.807, 2.05) is 24.4 Å². The van der Waals surface area contributed by atoms with Gasteiger partial charge in [0.15, 0.2) is 0 Å². The summed E-state index contributed by atoms with van der Waals surface area (Å²) >= 11 is 0. The molecule has 84 valence electrons. The van der Waals surface area contributed by atoms with E-state index in [9.17, 15) is 0 Å². The molecule has 0 aromatic heterocycles. The van der Waals surface area contributed by atoms with Crippen LogP contribution in [0.5, 0.6) is 0 Å². The summed E-state index contributed by atoms with van der Waals surface area (Å²) in [5, 5.41) is 8.95. The van der Waals surface area contributed by atoms with Crippen molar-refractivity contribution in [2.75, 3.05) is 20.2 Å².